The molecule has 0 aliphatic carbocycles. The van der Waals surface area contributed by atoms with Crippen molar-refractivity contribution in [3.8, 4) is 0 Å². The van der Waals surface area contributed by atoms with E-state index in [1.54, 1.807) is 0 Å². The lowest BCUT2D eigenvalue weighted by Gasteiger charge is -2.34. The van der Waals surface area contributed by atoms with Crippen LogP contribution in [-0.4, -0.2) is 24.5 Å². The summed E-state index contributed by atoms with van der Waals surface area (Å²) in [5, 5.41) is 6.33. The third-order valence-electron chi connectivity index (χ3n) is 2.64. The first-order valence-electron chi connectivity index (χ1n) is 5.06. The molecule has 13 heavy (non-hydrogen) atoms. The van der Waals surface area contributed by atoms with Gasteiger partial charge in [-0.2, -0.15) is 0 Å². The van der Waals surface area contributed by atoms with E-state index in [-0.39, 0.29) is 11.9 Å². The van der Waals surface area contributed by atoms with Gasteiger partial charge in [0.15, 0.2) is 0 Å². The number of amides is 1. The maximum atomic E-state index is 11.6. The first-order chi connectivity index (χ1) is 6.02. The highest BCUT2D eigenvalue weighted by Gasteiger charge is 2.30. The fourth-order valence-electron chi connectivity index (χ4n) is 1.61. The number of carbonyl (C=O) groups is 1. The maximum absolute atomic E-state index is 11.6. The number of nitrogens with one attached hydrogen (secondary N) is 2. The number of hydrogen-bond acceptors (Lipinski definition) is 2. The molecule has 0 saturated carbocycles. The van der Waals surface area contributed by atoms with Crippen molar-refractivity contribution in [1.82, 2.24) is 10.6 Å². The summed E-state index contributed by atoms with van der Waals surface area (Å²) in [5.74, 6) is 1.03. The van der Waals surface area contributed by atoms with Gasteiger partial charge in [0.1, 0.15) is 0 Å². The zero-order chi connectivity index (χ0) is 10.0. The van der Waals surface area contributed by atoms with Crippen LogP contribution < -0.4 is 10.6 Å². The van der Waals surface area contributed by atoms with E-state index in [1.165, 1.54) is 0 Å². The molecule has 1 saturated heterocycles. The van der Waals surface area contributed by atoms with E-state index in [2.05, 4.69) is 38.3 Å². The molecule has 2 N–H and O–H groups in total. The first kappa shape index (κ1) is 10.5. The molecule has 76 valence electrons. The van der Waals surface area contributed by atoms with Crippen molar-refractivity contribution in [2.75, 3.05) is 6.54 Å². The van der Waals surface area contributed by atoms with Crippen LogP contribution >= 0.6 is 0 Å². The van der Waals surface area contributed by atoms with Crippen LogP contribution in [0.2, 0.25) is 0 Å². The van der Waals surface area contributed by atoms with Crippen molar-refractivity contribution >= 4 is 5.91 Å². The van der Waals surface area contributed by atoms with Gasteiger partial charge in [0.2, 0.25) is 5.91 Å². The van der Waals surface area contributed by atoms with Gasteiger partial charge in [-0.15, -0.1) is 0 Å². The van der Waals surface area contributed by atoms with Crippen molar-refractivity contribution in [1.29, 1.82) is 0 Å². The van der Waals surface area contributed by atoms with Crippen LogP contribution in [-0.2, 0) is 4.79 Å². The molecule has 3 nitrogen and oxygen atoms in total. The molecule has 0 bridgehead atoms. The summed E-state index contributed by atoms with van der Waals surface area (Å²) < 4.78 is 0. The average Bonchev–Trinajstić information content (AvgIpc) is 2.03. The second-order valence-corrected chi connectivity index (χ2v) is 4.49. The minimum absolute atomic E-state index is 0.00463. The molecule has 2 atom stereocenters. The molecule has 0 unspecified atom stereocenters. The third-order valence-corrected chi connectivity index (χ3v) is 2.64. The molecule has 1 heterocycles. The highest BCUT2D eigenvalue weighted by molar-refractivity contribution is 5.83. The molecular weight excluding hydrogens is 164 g/mol. The summed E-state index contributed by atoms with van der Waals surface area (Å²) in [7, 11) is 0. The van der Waals surface area contributed by atoms with Crippen LogP contribution in [0.15, 0.2) is 0 Å². The highest BCUT2D eigenvalue weighted by atomic mass is 16.2. The Balaban J connectivity index is 2.52. The Bertz CT molecular complexity index is 189. The molecule has 3 heteroatoms. The van der Waals surface area contributed by atoms with E-state index in [9.17, 15) is 4.79 Å². The van der Waals surface area contributed by atoms with Gasteiger partial charge in [-0.25, -0.2) is 0 Å². The van der Waals surface area contributed by atoms with Crippen molar-refractivity contribution in [3.05, 3.63) is 0 Å². The molecule has 1 fully saturated rings. The summed E-state index contributed by atoms with van der Waals surface area (Å²) in [5.41, 5.74) is 0. The second kappa shape index (κ2) is 4.09. The Morgan fingerprint density at radius 1 is 1.23 bits per heavy atom. The van der Waals surface area contributed by atoms with E-state index in [4.69, 9.17) is 0 Å². The standard InChI is InChI=1S/C10H20N2O/c1-6(2)8-5-11-9(7(3)4)10(13)12-8/h6-9,11H,5H2,1-4H3,(H,12,13)/t8-,9+/m1/s1. The van der Waals surface area contributed by atoms with Gasteiger partial charge in [-0.1, -0.05) is 27.7 Å². The lowest BCUT2D eigenvalue weighted by Crippen LogP contribution is -2.61. The fourth-order valence-corrected chi connectivity index (χ4v) is 1.61. The fraction of sp³-hybridized carbons (Fsp3) is 0.900. The summed E-state index contributed by atoms with van der Waals surface area (Å²) in [6.07, 6.45) is 0. The lowest BCUT2D eigenvalue weighted by molar-refractivity contribution is -0.127. The van der Waals surface area contributed by atoms with E-state index >= 15 is 0 Å². The summed E-state index contributed by atoms with van der Waals surface area (Å²) >= 11 is 0. The second-order valence-electron chi connectivity index (χ2n) is 4.49. The number of carbonyl (C=O) groups excluding carboxylic acids is 1. The Hall–Kier alpha value is -0.570. The molecule has 1 rings (SSSR count). The SMILES string of the molecule is CC(C)[C@@H]1NC[C@H](C(C)C)NC1=O. The van der Waals surface area contributed by atoms with Crippen LogP contribution in [0, 0.1) is 11.8 Å². The third kappa shape index (κ3) is 2.44. The summed E-state index contributed by atoms with van der Waals surface area (Å²) in [6.45, 7) is 9.27. The van der Waals surface area contributed by atoms with Crippen LogP contribution in [0.3, 0.4) is 0 Å². The minimum Gasteiger partial charge on any atom is -0.350 e. The number of piperazine rings is 1. The predicted molar refractivity (Wildman–Crippen MR) is 53.4 cm³/mol. The summed E-state index contributed by atoms with van der Waals surface area (Å²) in [6, 6.07) is 0.289. The molecule has 1 aliphatic rings. The highest BCUT2D eigenvalue weighted by Crippen LogP contribution is 2.10. The van der Waals surface area contributed by atoms with Crippen molar-refractivity contribution in [2.24, 2.45) is 11.8 Å². The van der Waals surface area contributed by atoms with E-state index in [0.717, 1.165) is 6.54 Å². The molecule has 0 radical (unpaired) electrons. The number of rotatable bonds is 2. The predicted octanol–water partition coefficient (Wildman–Crippen LogP) is 0.755. The Labute approximate surface area is 80.3 Å². The van der Waals surface area contributed by atoms with E-state index in [1.807, 2.05) is 0 Å². The van der Waals surface area contributed by atoms with Crippen LogP contribution in [0.4, 0.5) is 0 Å². The zero-order valence-electron chi connectivity index (χ0n) is 8.92. The molecule has 0 spiro atoms. The number of hydrogen-bond donors (Lipinski definition) is 2. The van der Waals surface area contributed by atoms with Gasteiger partial charge in [0, 0.05) is 12.6 Å². The Morgan fingerprint density at radius 3 is 2.23 bits per heavy atom. The van der Waals surface area contributed by atoms with Crippen molar-refractivity contribution in [3.63, 3.8) is 0 Å². The zero-order valence-corrected chi connectivity index (χ0v) is 8.92. The van der Waals surface area contributed by atoms with Gasteiger partial charge in [0.25, 0.3) is 0 Å². The molecule has 1 amide bonds. The van der Waals surface area contributed by atoms with Crippen molar-refractivity contribution in [2.45, 2.75) is 39.8 Å². The quantitative estimate of drug-likeness (QED) is 0.665. The molecule has 1 aliphatic heterocycles. The van der Waals surface area contributed by atoms with Gasteiger partial charge in [0.05, 0.1) is 6.04 Å². The van der Waals surface area contributed by atoms with Crippen molar-refractivity contribution < 1.29 is 4.79 Å². The normalized spacial score (nSPS) is 29.5. The lowest BCUT2D eigenvalue weighted by atomic mass is 9.96. The topological polar surface area (TPSA) is 41.1 Å². The Kier molecular flexibility index (Phi) is 3.31. The van der Waals surface area contributed by atoms with Crippen LogP contribution in [0.1, 0.15) is 27.7 Å². The molecule has 0 aromatic carbocycles. The van der Waals surface area contributed by atoms with Crippen LogP contribution in [0.5, 0.6) is 0 Å². The van der Waals surface area contributed by atoms with E-state index < -0.39 is 0 Å². The molecule has 0 aromatic heterocycles. The van der Waals surface area contributed by atoms with Gasteiger partial charge in [-0.3, -0.25) is 4.79 Å². The van der Waals surface area contributed by atoms with Gasteiger partial charge < -0.3 is 10.6 Å². The largest absolute Gasteiger partial charge is 0.350 e. The maximum Gasteiger partial charge on any atom is 0.237 e. The summed E-state index contributed by atoms with van der Waals surface area (Å²) in [4.78, 5) is 11.6. The Morgan fingerprint density at radius 2 is 1.85 bits per heavy atom. The minimum atomic E-state index is -0.00463. The average molecular weight is 184 g/mol. The van der Waals surface area contributed by atoms with Gasteiger partial charge in [-0.05, 0) is 11.8 Å². The molecular formula is C10H20N2O. The van der Waals surface area contributed by atoms with E-state index in [0.29, 0.717) is 17.9 Å². The van der Waals surface area contributed by atoms with Crippen LogP contribution in [0.25, 0.3) is 0 Å². The van der Waals surface area contributed by atoms with Gasteiger partial charge >= 0.3 is 0 Å². The molecule has 0 aromatic rings. The monoisotopic (exact) mass is 184 g/mol. The smallest absolute Gasteiger partial charge is 0.237 e. The first-order valence-corrected chi connectivity index (χ1v) is 5.06.